The lowest BCUT2D eigenvalue weighted by molar-refractivity contribution is -0.217. The second kappa shape index (κ2) is 7.51. The van der Waals surface area contributed by atoms with Crippen LogP contribution >= 0.6 is 0 Å². The largest absolute Gasteiger partial charge is 0.523 e. The van der Waals surface area contributed by atoms with Gasteiger partial charge in [-0.15, -0.1) is 0 Å². The van der Waals surface area contributed by atoms with Crippen LogP contribution in [0.2, 0.25) is 0 Å². The van der Waals surface area contributed by atoms with Crippen LogP contribution in [0.1, 0.15) is 29.8 Å². The van der Waals surface area contributed by atoms with E-state index >= 15 is 0 Å². The molecule has 1 aromatic carbocycles. The molecule has 0 amide bonds. The van der Waals surface area contributed by atoms with Crippen molar-refractivity contribution in [3.63, 3.8) is 0 Å². The zero-order valence-corrected chi connectivity index (χ0v) is 16.5. The molecule has 2 aliphatic heterocycles. The Bertz CT molecular complexity index is 866. The molecule has 162 valence electrons. The third-order valence-electron chi connectivity index (χ3n) is 4.27. The van der Waals surface area contributed by atoms with Gasteiger partial charge in [0.05, 0.1) is 5.56 Å². The molecule has 0 unspecified atom stereocenters. The molecule has 2 fully saturated rings. The number of halogens is 3. The van der Waals surface area contributed by atoms with Gasteiger partial charge >= 0.3 is 21.6 Å². The van der Waals surface area contributed by atoms with Crippen molar-refractivity contribution >= 4 is 16.1 Å². The molecule has 2 saturated heterocycles. The van der Waals surface area contributed by atoms with E-state index in [-0.39, 0.29) is 5.56 Å². The minimum atomic E-state index is -5.94. The number of hydrogen-bond donors (Lipinski definition) is 0. The summed E-state index contributed by atoms with van der Waals surface area (Å²) in [7, 11) is -5.94. The van der Waals surface area contributed by atoms with Crippen molar-refractivity contribution in [2.75, 3.05) is 6.61 Å². The van der Waals surface area contributed by atoms with Gasteiger partial charge in [0.25, 0.3) is 0 Å². The monoisotopic (exact) mass is 440 g/mol. The maximum atomic E-state index is 12.8. The van der Waals surface area contributed by atoms with E-state index < -0.39 is 58.6 Å². The fourth-order valence-corrected chi connectivity index (χ4v) is 3.56. The molecule has 29 heavy (non-hydrogen) atoms. The quantitative estimate of drug-likeness (QED) is 0.391. The molecule has 12 heteroatoms. The topological polar surface area (TPSA) is 97.4 Å². The Labute approximate surface area is 164 Å². The first-order valence-electron chi connectivity index (χ1n) is 8.53. The second-order valence-corrected chi connectivity index (χ2v) is 8.63. The van der Waals surface area contributed by atoms with Gasteiger partial charge in [-0.3, -0.25) is 4.18 Å². The first kappa shape index (κ1) is 22.0. The zero-order valence-electron chi connectivity index (χ0n) is 15.6. The second-order valence-electron chi connectivity index (χ2n) is 7.07. The molecule has 0 bridgehead atoms. The highest BCUT2D eigenvalue weighted by Crippen LogP contribution is 2.40. The maximum absolute atomic E-state index is 12.8. The van der Waals surface area contributed by atoms with E-state index in [0.29, 0.717) is 0 Å². The fourth-order valence-electron chi connectivity index (χ4n) is 2.93. The van der Waals surface area contributed by atoms with Gasteiger partial charge in [0.15, 0.2) is 12.1 Å². The van der Waals surface area contributed by atoms with Gasteiger partial charge in [-0.2, -0.15) is 21.6 Å². The van der Waals surface area contributed by atoms with E-state index in [1.807, 2.05) is 6.92 Å². The molecule has 4 atom stereocenters. The van der Waals surface area contributed by atoms with Crippen LogP contribution in [0.25, 0.3) is 0 Å². The first-order valence-corrected chi connectivity index (χ1v) is 9.94. The number of carbonyl (C=O) groups excluding carboxylic acids is 1. The van der Waals surface area contributed by atoms with E-state index in [1.54, 1.807) is 12.1 Å². The Morgan fingerprint density at radius 2 is 1.79 bits per heavy atom. The average Bonchev–Trinajstić information content (AvgIpc) is 3.04. The number of hydrogen-bond acceptors (Lipinski definition) is 8. The zero-order chi connectivity index (χ0) is 21.6. The lowest BCUT2D eigenvalue weighted by Gasteiger charge is -2.25. The van der Waals surface area contributed by atoms with E-state index in [9.17, 15) is 26.4 Å². The van der Waals surface area contributed by atoms with Gasteiger partial charge in [-0.1, -0.05) is 17.7 Å². The molecule has 2 aliphatic rings. The molecular weight excluding hydrogens is 421 g/mol. The van der Waals surface area contributed by atoms with Gasteiger partial charge in [-0.25, -0.2) is 4.79 Å². The van der Waals surface area contributed by atoms with Crippen molar-refractivity contribution in [3.8, 4) is 0 Å². The summed E-state index contributed by atoms with van der Waals surface area (Å²) in [5.74, 6) is -1.98. The fraction of sp³-hybridized carbons (Fsp3) is 0.588. The molecule has 0 aliphatic carbocycles. The summed E-state index contributed by atoms with van der Waals surface area (Å²) in [5, 5.41) is 0. The van der Waals surface area contributed by atoms with Crippen molar-refractivity contribution in [2.24, 2.45) is 0 Å². The molecule has 0 N–H and O–H groups in total. The van der Waals surface area contributed by atoms with Crippen LogP contribution in [-0.2, 0) is 33.2 Å². The minimum Gasteiger partial charge on any atom is -0.459 e. The van der Waals surface area contributed by atoms with Gasteiger partial charge in [0, 0.05) is 0 Å². The lowest BCUT2D eigenvalue weighted by Crippen LogP contribution is -2.43. The number of fused-ring (bicyclic) bond motifs is 1. The van der Waals surface area contributed by atoms with Crippen LogP contribution in [-0.4, -0.2) is 56.9 Å². The molecule has 2 heterocycles. The van der Waals surface area contributed by atoms with E-state index in [1.165, 1.54) is 26.0 Å². The lowest BCUT2D eigenvalue weighted by atomic mass is 10.1. The van der Waals surface area contributed by atoms with Crippen LogP contribution in [0.15, 0.2) is 24.3 Å². The highest BCUT2D eigenvalue weighted by Gasteiger charge is 2.59. The third kappa shape index (κ3) is 4.72. The van der Waals surface area contributed by atoms with Crippen LogP contribution in [0, 0.1) is 6.92 Å². The highest BCUT2D eigenvalue weighted by molar-refractivity contribution is 7.87. The van der Waals surface area contributed by atoms with E-state index in [4.69, 9.17) is 18.9 Å². The van der Waals surface area contributed by atoms with Crippen LogP contribution in [0.5, 0.6) is 0 Å². The number of aryl methyl sites for hydroxylation is 1. The number of esters is 1. The molecular formula is C17H19F3O8S. The van der Waals surface area contributed by atoms with Gasteiger partial charge in [0.2, 0.25) is 0 Å². The van der Waals surface area contributed by atoms with Gasteiger partial charge < -0.3 is 18.9 Å². The molecule has 3 rings (SSSR count). The third-order valence-corrected chi connectivity index (χ3v) is 5.32. The van der Waals surface area contributed by atoms with E-state index in [0.717, 1.165) is 5.56 Å². The predicted octanol–water partition coefficient (Wildman–Crippen LogP) is 2.26. The molecule has 0 spiro atoms. The van der Waals surface area contributed by atoms with Crippen molar-refractivity contribution in [3.05, 3.63) is 35.4 Å². The summed E-state index contributed by atoms with van der Waals surface area (Å²) < 4.78 is 87.0. The summed E-state index contributed by atoms with van der Waals surface area (Å²) in [4.78, 5) is 12.1. The number of ether oxygens (including phenoxy) is 4. The van der Waals surface area contributed by atoms with Gasteiger partial charge in [-0.05, 0) is 32.9 Å². The van der Waals surface area contributed by atoms with Gasteiger partial charge in [0.1, 0.15) is 24.9 Å². The van der Waals surface area contributed by atoms with Crippen molar-refractivity contribution < 1.29 is 49.5 Å². The first-order chi connectivity index (χ1) is 13.3. The molecule has 1 aromatic rings. The van der Waals surface area contributed by atoms with Crippen molar-refractivity contribution in [1.29, 1.82) is 0 Å². The number of benzene rings is 1. The number of rotatable bonds is 5. The SMILES string of the molecule is Cc1ccc(C(=O)OC[C@H]2O[C@@H]3OC(C)(C)O[C@@H]3[C@H]2OS(=O)(=O)C(F)(F)F)cc1. The van der Waals surface area contributed by atoms with Crippen molar-refractivity contribution in [1.82, 2.24) is 0 Å². The Morgan fingerprint density at radius 1 is 1.17 bits per heavy atom. The summed E-state index contributed by atoms with van der Waals surface area (Å²) >= 11 is 0. The van der Waals surface area contributed by atoms with Crippen LogP contribution in [0.4, 0.5) is 13.2 Å². The van der Waals surface area contributed by atoms with Crippen molar-refractivity contribution in [2.45, 2.75) is 56.7 Å². The molecule has 0 radical (unpaired) electrons. The Hall–Kier alpha value is -1.73. The predicted molar refractivity (Wildman–Crippen MR) is 90.0 cm³/mol. The highest BCUT2D eigenvalue weighted by atomic mass is 32.2. The number of carbonyl (C=O) groups is 1. The average molecular weight is 440 g/mol. The smallest absolute Gasteiger partial charge is 0.459 e. The molecule has 0 aromatic heterocycles. The Kier molecular flexibility index (Phi) is 5.69. The molecule has 0 saturated carbocycles. The molecule has 8 nitrogen and oxygen atoms in total. The summed E-state index contributed by atoms with van der Waals surface area (Å²) in [5.41, 5.74) is -4.51. The van der Waals surface area contributed by atoms with Crippen LogP contribution < -0.4 is 0 Å². The summed E-state index contributed by atoms with van der Waals surface area (Å²) in [6.45, 7) is 4.22. The summed E-state index contributed by atoms with van der Waals surface area (Å²) in [6.07, 6.45) is -5.52. The van der Waals surface area contributed by atoms with E-state index in [2.05, 4.69) is 4.18 Å². The maximum Gasteiger partial charge on any atom is 0.523 e. The van der Waals surface area contributed by atoms with Crippen LogP contribution in [0.3, 0.4) is 0 Å². The number of alkyl halides is 3. The Morgan fingerprint density at radius 3 is 2.38 bits per heavy atom. The summed E-state index contributed by atoms with van der Waals surface area (Å²) in [6, 6.07) is 6.38. The Balaban J connectivity index is 1.74. The minimum absolute atomic E-state index is 0.211. The normalized spacial score (nSPS) is 28.9. The standard InChI is InChI=1S/C17H19F3O8S/c1-9-4-6-10(7-5-9)14(21)24-8-11-12(28-29(22,23)17(18,19)20)13-15(25-11)27-16(2,3)26-13/h4-7,11-13,15H,8H2,1-3H3/t11-,12+,13-,15-/m1/s1.